The molecule has 166 valence electrons. The highest BCUT2D eigenvalue weighted by Crippen LogP contribution is 2.33. The molecule has 9 nitrogen and oxygen atoms in total. The average molecular weight is 408 g/mol. The van der Waals surface area contributed by atoms with Crippen LogP contribution in [0.15, 0.2) is 0 Å². The molecular weight excluding hydrogens is 372 g/mol. The van der Waals surface area contributed by atoms with Crippen LogP contribution >= 0.6 is 0 Å². The van der Waals surface area contributed by atoms with Crippen LogP contribution in [-0.4, -0.2) is 90.6 Å². The van der Waals surface area contributed by atoms with E-state index in [2.05, 4.69) is 0 Å². The van der Waals surface area contributed by atoms with E-state index in [1.807, 2.05) is 41.5 Å². The van der Waals surface area contributed by atoms with Gasteiger partial charge in [-0.3, -0.25) is 0 Å². The van der Waals surface area contributed by atoms with Crippen molar-refractivity contribution in [1.29, 1.82) is 0 Å². The molecule has 1 fully saturated rings. The van der Waals surface area contributed by atoms with Gasteiger partial charge < -0.3 is 43.8 Å². The number of rotatable bonds is 9. The van der Waals surface area contributed by atoms with E-state index in [-0.39, 0.29) is 13.2 Å². The quantitative estimate of drug-likeness (QED) is 0.363. The Morgan fingerprint density at radius 2 is 1.64 bits per heavy atom. The van der Waals surface area contributed by atoms with Gasteiger partial charge in [-0.1, -0.05) is 20.8 Å². The number of aliphatic hydroxyl groups is 3. The monoisotopic (exact) mass is 408 g/mol. The van der Waals surface area contributed by atoms with Gasteiger partial charge in [0.2, 0.25) is 0 Å². The van der Waals surface area contributed by atoms with E-state index in [1.165, 1.54) is 7.11 Å². The molecule has 1 aliphatic rings. The Morgan fingerprint density at radius 3 is 2.11 bits per heavy atom. The molecule has 0 aromatic heterocycles. The van der Waals surface area contributed by atoms with Crippen molar-refractivity contribution in [1.82, 2.24) is 0 Å². The number of methoxy groups -OCH3 is 1. The second-order valence-electron chi connectivity index (χ2n) is 9.02. The van der Waals surface area contributed by atoms with Gasteiger partial charge in [-0.15, -0.1) is 0 Å². The lowest BCUT2D eigenvalue weighted by Crippen LogP contribution is -2.61. The Bertz CT molecular complexity index is 471. The highest BCUT2D eigenvalue weighted by atomic mass is 16.8. The molecule has 28 heavy (non-hydrogen) atoms. The van der Waals surface area contributed by atoms with Crippen LogP contribution in [0.3, 0.4) is 0 Å². The highest BCUT2D eigenvalue weighted by Gasteiger charge is 2.48. The molecule has 1 rings (SSSR count). The van der Waals surface area contributed by atoms with Gasteiger partial charge in [-0.25, -0.2) is 0 Å². The average Bonchev–Trinajstić information content (AvgIpc) is 2.58. The Kier molecular flexibility index (Phi) is 9.43. The summed E-state index contributed by atoms with van der Waals surface area (Å²) in [7, 11) is 1.34. The van der Waals surface area contributed by atoms with Crippen LogP contribution in [-0.2, 0) is 28.5 Å². The number of hydrogen-bond acceptors (Lipinski definition) is 9. The molecule has 0 aromatic rings. The summed E-state index contributed by atoms with van der Waals surface area (Å²) in [5.74, 6) is 0. The zero-order chi connectivity index (χ0) is 21.7. The Hall–Kier alpha value is -0.650. The third kappa shape index (κ3) is 7.64. The Labute approximate surface area is 166 Å². The number of aldehydes is 1. The zero-order valence-electron chi connectivity index (χ0n) is 17.8. The smallest absolute Gasteiger partial charge is 0.272 e. The molecule has 0 amide bonds. The second-order valence-corrected chi connectivity index (χ2v) is 9.02. The summed E-state index contributed by atoms with van der Waals surface area (Å²) in [6.07, 6.45) is -5.89. The molecule has 0 aromatic carbocycles. The molecule has 0 spiro atoms. The van der Waals surface area contributed by atoms with Gasteiger partial charge >= 0.3 is 0 Å². The summed E-state index contributed by atoms with van der Waals surface area (Å²) in [5.41, 5.74) is -0.907. The van der Waals surface area contributed by atoms with Gasteiger partial charge in [0, 0.05) is 7.11 Å². The summed E-state index contributed by atoms with van der Waals surface area (Å²) in [5, 5.41) is 30.5. The molecule has 0 aliphatic carbocycles. The minimum atomic E-state index is -1.38. The summed E-state index contributed by atoms with van der Waals surface area (Å²) in [6, 6.07) is 0. The standard InChI is InChI=1S/C19H36O9/c1-18(2,3)16-15(23)14(22)13(21)12(28-16)10-25-17(24-7)27-11(8-20)9-26-19(4,5)6/h8,11-17,21-23H,9-10H2,1-7H3. The predicted molar refractivity (Wildman–Crippen MR) is 99.5 cm³/mol. The fourth-order valence-corrected chi connectivity index (χ4v) is 2.73. The molecule has 1 aliphatic heterocycles. The van der Waals surface area contributed by atoms with Gasteiger partial charge in [-0.2, -0.15) is 0 Å². The molecule has 7 atom stereocenters. The summed E-state index contributed by atoms with van der Waals surface area (Å²) in [4.78, 5) is 11.2. The van der Waals surface area contributed by atoms with E-state index in [0.717, 1.165) is 0 Å². The van der Waals surface area contributed by atoms with Crippen LogP contribution in [0.2, 0.25) is 0 Å². The number of aliphatic hydroxyl groups excluding tert-OH is 3. The first-order valence-corrected chi connectivity index (χ1v) is 9.39. The minimum absolute atomic E-state index is 0.0236. The number of carbonyl (C=O) groups is 1. The normalized spacial score (nSPS) is 31.4. The SMILES string of the molecule is COC(OCC1OC(C(C)(C)C)C(O)C(O)C1O)OC(C=O)COC(C)(C)C. The Morgan fingerprint density at radius 1 is 1.04 bits per heavy atom. The van der Waals surface area contributed by atoms with Crippen LogP contribution in [0.25, 0.3) is 0 Å². The fourth-order valence-electron chi connectivity index (χ4n) is 2.73. The minimum Gasteiger partial charge on any atom is -0.388 e. The lowest BCUT2D eigenvalue weighted by atomic mass is 9.80. The third-order valence-corrected chi connectivity index (χ3v) is 4.27. The molecule has 9 heteroatoms. The molecule has 0 bridgehead atoms. The van der Waals surface area contributed by atoms with Crippen molar-refractivity contribution in [3.05, 3.63) is 0 Å². The van der Waals surface area contributed by atoms with Crippen LogP contribution in [0.4, 0.5) is 0 Å². The van der Waals surface area contributed by atoms with Crippen molar-refractivity contribution in [3.63, 3.8) is 0 Å². The summed E-state index contributed by atoms with van der Waals surface area (Å²) >= 11 is 0. The fraction of sp³-hybridized carbons (Fsp3) is 0.947. The largest absolute Gasteiger partial charge is 0.388 e. The van der Waals surface area contributed by atoms with Crippen molar-refractivity contribution < 1.29 is 43.8 Å². The van der Waals surface area contributed by atoms with Crippen molar-refractivity contribution in [2.75, 3.05) is 20.3 Å². The van der Waals surface area contributed by atoms with E-state index in [0.29, 0.717) is 6.29 Å². The van der Waals surface area contributed by atoms with Crippen molar-refractivity contribution in [2.24, 2.45) is 5.41 Å². The van der Waals surface area contributed by atoms with Crippen molar-refractivity contribution >= 4 is 6.29 Å². The van der Waals surface area contributed by atoms with E-state index in [9.17, 15) is 20.1 Å². The highest BCUT2D eigenvalue weighted by molar-refractivity contribution is 5.56. The number of carbonyl (C=O) groups excluding carboxylic acids is 1. The first-order chi connectivity index (χ1) is 12.8. The number of ether oxygens (including phenoxy) is 5. The van der Waals surface area contributed by atoms with Crippen LogP contribution < -0.4 is 0 Å². The molecule has 0 radical (unpaired) electrons. The molecule has 3 N–H and O–H groups in total. The molecule has 0 saturated carbocycles. The number of hydrogen-bond donors (Lipinski definition) is 3. The van der Waals surface area contributed by atoms with Crippen LogP contribution in [0, 0.1) is 5.41 Å². The first-order valence-electron chi connectivity index (χ1n) is 9.39. The molecule has 1 heterocycles. The molecule has 7 unspecified atom stereocenters. The molecule has 1 saturated heterocycles. The molecular formula is C19H36O9. The van der Waals surface area contributed by atoms with Crippen LogP contribution in [0.1, 0.15) is 41.5 Å². The topological polar surface area (TPSA) is 124 Å². The van der Waals surface area contributed by atoms with Gasteiger partial charge in [0.25, 0.3) is 6.48 Å². The summed E-state index contributed by atoms with van der Waals surface area (Å²) in [6.45, 7) is 9.77. The van der Waals surface area contributed by atoms with E-state index in [1.54, 1.807) is 0 Å². The predicted octanol–water partition coefficient (Wildman–Crippen LogP) is 0.228. The maximum atomic E-state index is 11.2. The Balaban J connectivity index is 2.66. The zero-order valence-corrected chi connectivity index (χ0v) is 17.8. The lowest BCUT2D eigenvalue weighted by molar-refractivity contribution is -0.317. The maximum absolute atomic E-state index is 11.2. The van der Waals surface area contributed by atoms with E-state index >= 15 is 0 Å². The van der Waals surface area contributed by atoms with Crippen molar-refractivity contribution in [2.45, 2.75) is 90.2 Å². The van der Waals surface area contributed by atoms with E-state index < -0.39 is 54.1 Å². The third-order valence-electron chi connectivity index (χ3n) is 4.27. The lowest BCUT2D eigenvalue weighted by Gasteiger charge is -2.45. The van der Waals surface area contributed by atoms with Gasteiger partial charge in [0.1, 0.15) is 30.5 Å². The summed E-state index contributed by atoms with van der Waals surface area (Å²) < 4.78 is 27.3. The van der Waals surface area contributed by atoms with E-state index in [4.69, 9.17) is 23.7 Å². The van der Waals surface area contributed by atoms with Gasteiger partial charge in [0.15, 0.2) is 6.29 Å². The van der Waals surface area contributed by atoms with Crippen molar-refractivity contribution in [3.8, 4) is 0 Å². The maximum Gasteiger partial charge on any atom is 0.272 e. The van der Waals surface area contributed by atoms with Gasteiger partial charge in [-0.05, 0) is 26.2 Å². The van der Waals surface area contributed by atoms with Crippen LogP contribution in [0.5, 0.6) is 0 Å². The second kappa shape index (κ2) is 10.4. The van der Waals surface area contributed by atoms with Gasteiger partial charge in [0.05, 0.1) is 24.9 Å². The first kappa shape index (κ1) is 25.4.